The number of carbonyl (C=O) groups is 1. The Labute approximate surface area is 134 Å². The normalized spacial score (nSPS) is 30.7. The van der Waals surface area contributed by atoms with Gasteiger partial charge in [-0.2, -0.15) is 0 Å². The molecule has 5 atom stereocenters. The molecule has 0 saturated carbocycles. The average molecular weight is 325 g/mol. The fourth-order valence-corrected chi connectivity index (χ4v) is 2.54. The largest absolute Gasteiger partial charge is 0.463 e. The fourth-order valence-electron chi connectivity index (χ4n) is 2.54. The molecule has 0 radical (unpaired) electrons. The first kappa shape index (κ1) is 17.7. The highest BCUT2D eigenvalue weighted by atomic mass is 16.7. The summed E-state index contributed by atoms with van der Waals surface area (Å²) in [6, 6.07) is 6.41. The third-order valence-electron chi connectivity index (χ3n) is 3.81. The lowest BCUT2D eigenvalue weighted by molar-refractivity contribution is -0.244. The molecule has 0 unspecified atom stereocenters. The maximum atomic E-state index is 11.3. The van der Waals surface area contributed by atoms with E-state index in [2.05, 4.69) is 5.32 Å². The Morgan fingerprint density at radius 3 is 2.70 bits per heavy atom. The number of amides is 1. The molecule has 128 valence electrons. The van der Waals surface area contributed by atoms with Crippen molar-refractivity contribution in [3.63, 3.8) is 0 Å². The molecule has 4 N–H and O–H groups in total. The van der Waals surface area contributed by atoms with E-state index in [0.29, 0.717) is 5.75 Å². The summed E-state index contributed by atoms with van der Waals surface area (Å²) < 4.78 is 11.3. The lowest BCUT2D eigenvalue weighted by Crippen LogP contribution is -2.65. The first-order valence-electron chi connectivity index (χ1n) is 7.61. The van der Waals surface area contributed by atoms with Gasteiger partial charge in [-0.25, -0.2) is 0 Å². The van der Waals surface area contributed by atoms with E-state index in [9.17, 15) is 20.1 Å². The van der Waals surface area contributed by atoms with E-state index in [1.807, 2.05) is 25.1 Å². The van der Waals surface area contributed by atoms with Gasteiger partial charge in [0.05, 0.1) is 6.61 Å². The van der Waals surface area contributed by atoms with Crippen LogP contribution in [0.25, 0.3) is 0 Å². The first-order valence-corrected chi connectivity index (χ1v) is 7.61. The van der Waals surface area contributed by atoms with Crippen molar-refractivity contribution in [3.8, 4) is 5.75 Å². The monoisotopic (exact) mass is 325 g/mol. The number of ether oxygens (including phenoxy) is 2. The summed E-state index contributed by atoms with van der Waals surface area (Å²) in [5, 5.41) is 31.9. The SMILES string of the molecule is CCc1cccc(O[C@H]2O[C@@H](CO)[C@@H](O)[C@@H](O)[C@@H]2NC(C)=O)c1. The Hall–Kier alpha value is -1.67. The maximum Gasteiger partial charge on any atom is 0.223 e. The number of aliphatic hydroxyl groups excluding tert-OH is 3. The van der Waals surface area contributed by atoms with Crippen LogP contribution in [0.2, 0.25) is 0 Å². The summed E-state index contributed by atoms with van der Waals surface area (Å²) in [6.45, 7) is 2.84. The van der Waals surface area contributed by atoms with Crippen molar-refractivity contribution in [1.82, 2.24) is 5.32 Å². The van der Waals surface area contributed by atoms with Gasteiger partial charge in [-0.05, 0) is 24.1 Å². The molecule has 0 aliphatic carbocycles. The summed E-state index contributed by atoms with van der Waals surface area (Å²) in [7, 11) is 0. The molecule has 1 amide bonds. The number of rotatable bonds is 5. The van der Waals surface area contributed by atoms with Crippen LogP contribution in [0.4, 0.5) is 0 Å². The smallest absolute Gasteiger partial charge is 0.223 e. The molecule has 7 nitrogen and oxygen atoms in total. The second-order valence-corrected chi connectivity index (χ2v) is 5.55. The van der Waals surface area contributed by atoms with Crippen molar-refractivity contribution in [3.05, 3.63) is 29.8 Å². The van der Waals surface area contributed by atoms with Gasteiger partial charge < -0.3 is 30.1 Å². The van der Waals surface area contributed by atoms with E-state index in [1.54, 1.807) is 6.07 Å². The molecule has 0 bridgehead atoms. The summed E-state index contributed by atoms with van der Waals surface area (Å²) in [5.74, 6) is 0.133. The molecule has 1 aliphatic rings. The van der Waals surface area contributed by atoms with Crippen LogP contribution in [0.15, 0.2) is 24.3 Å². The Balaban J connectivity index is 2.21. The van der Waals surface area contributed by atoms with Gasteiger partial charge in [0.25, 0.3) is 0 Å². The molecule has 0 aromatic heterocycles. The third-order valence-corrected chi connectivity index (χ3v) is 3.81. The first-order chi connectivity index (χ1) is 11.0. The average Bonchev–Trinajstić information content (AvgIpc) is 2.54. The zero-order valence-electron chi connectivity index (χ0n) is 13.2. The van der Waals surface area contributed by atoms with Crippen molar-refractivity contribution < 1.29 is 29.6 Å². The number of hydrogen-bond donors (Lipinski definition) is 4. The maximum absolute atomic E-state index is 11.3. The van der Waals surface area contributed by atoms with Crippen LogP contribution in [0.5, 0.6) is 5.75 Å². The third kappa shape index (κ3) is 4.20. The minimum Gasteiger partial charge on any atom is -0.463 e. The number of carbonyl (C=O) groups excluding carboxylic acids is 1. The predicted molar refractivity (Wildman–Crippen MR) is 81.8 cm³/mol. The van der Waals surface area contributed by atoms with Crippen molar-refractivity contribution in [2.75, 3.05) is 6.61 Å². The number of benzene rings is 1. The van der Waals surface area contributed by atoms with Crippen LogP contribution < -0.4 is 10.1 Å². The van der Waals surface area contributed by atoms with E-state index >= 15 is 0 Å². The quantitative estimate of drug-likeness (QED) is 0.585. The zero-order valence-corrected chi connectivity index (χ0v) is 13.2. The van der Waals surface area contributed by atoms with Crippen molar-refractivity contribution in [1.29, 1.82) is 0 Å². The Morgan fingerprint density at radius 1 is 1.35 bits per heavy atom. The van der Waals surface area contributed by atoms with Crippen LogP contribution in [0, 0.1) is 0 Å². The predicted octanol–water partition coefficient (Wildman–Crippen LogP) is -0.429. The molecule has 7 heteroatoms. The van der Waals surface area contributed by atoms with Gasteiger partial charge >= 0.3 is 0 Å². The highest BCUT2D eigenvalue weighted by Gasteiger charge is 2.46. The van der Waals surface area contributed by atoms with Crippen LogP contribution in [-0.2, 0) is 16.0 Å². The molecule has 23 heavy (non-hydrogen) atoms. The Kier molecular flexibility index (Phi) is 5.95. The van der Waals surface area contributed by atoms with Gasteiger partial charge in [0, 0.05) is 6.92 Å². The van der Waals surface area contributed by atoms with Crippen molar-refractivity contribution in [2.24, 2.45) is 0 Å². The van der Waals surface area contributed by atoms with Gasteiger partial charge in [0.1, 0.15) is 30.1 Å². The molecule has 2 rings (SSSR count). The summed E-state index contributed by atoms with van der Waals surface area (Å²) in [4.78, 5) is 11.3. The van der Waals surface area contributed by atoms with Gasteiger partial charge in [-0.3, -0.25) is 4.79 Å². The van der Waals surface area contributed by atoms with E-state index in [0.717, 1.165) is 12.0 Å². The van der Waals surface area contributed by atoms with Gasteiger partial charge in [0.2, 0.25) is 12.2 Å². The minimum absolute atomic E-state index is 0.386. The number of aryl methyl sites for hydroxylation is 1. The molecular formula is C16H23NO6. The molecule has 1 aromatic carbocycles. The van der Waals surface area contributed by atoms with Gasteiger partial charge in [-0.15, -0.1) is 0 Å². The highest BCUT2D eigenvalue weighted by Crippen LogP contribution is 2.25. The second kappa shape index (κ2) is 7.74. The summed E-state index contributed by atoms with van der Waals surface area (Å²) in [6.07, 6.45) is -3.82. The molecule has 0 spiro atoms. The van der Waals surface area contributed by atoms with E-state index < -0.39 is 37.3 Å². The minimum atomic E-state index is -1.32. The highest BCUT2D eigenvalue weighted by molar-refractivity contribution is 5.73. The van der Waals surface area contributed by atoms with Crippen LogP contribution in [0.1, 0.15) is 19.4 Å². The number of aliphatic hydroxyl groups is 3. The van der Waals surface area contributed by atoms with E-state index in [4.69, 9.17) is 9.47 Å². The number of hydrogen-bond acceptors (Lipinski definition) is 6. The molecule has 1 fully saturated rings. The van der Waals surface area contributed by atoms with E-state index in [1.165, 1.54) is 6.92 Å². The van der Waals surface area contributed by atoms with Gasteiger partial charge in [-0.1, -0.05) is 19.1 Å². The molecule has 1 saturated heterocycles. The lowest BCUT2D eigenvalue weighted by Gasteiger charge is -2.42. The topological polar surface area (TPSA) is 108 Å². The van der Waals surface area contributed by atoms with Crippen LogP contribution in [0.3, 0.4) is 0 Å². The lowest BCUT2D eigenvalue weighted by atomic mass is 9.97. The molecule has 1 aliphatic heterocycles. The summed E-state index contributed by atoms with van der Waals surface area (Å²) >= 11 is 0. The van der Waals surface area contributed by atoms with Crippen molar-refractivity contribution >= 4 is 5.91 Å². The number of nitrogens with one attached hydrogen (secondary N) is 1. The second-order valence-electron chi connectivity index (χ2n) is 5.55. The van der Waals surface area contributed by atoms with E-state index in [-0.39, 0.29) is 5.91 Å². The molecule has 1 heterocycles. The van der Waals surface area contributed by atoms with Crippen LogP contribution >= 0.6 is 0 Å². The van der Waals surface area contributed by atoms with Gasteiger partial charge in [0.15, 0.2) is 0 Å². The molecule has 1 aromatic rings. The van der Waals surface area contributed by atoms with Crippen LogP contribution in [-0.4, -0.2) is 58.5 Å². The molecular weight excluding hydrogens is 302 g/mol. The summed E-state index contributed by atoms with van der Waals surface area (Å²) in [5.41, 5.74) is 1.06. The Morgan fingerprint density at radius 2 is 2.09 bits per heavy atom. The Bertz CT molecular complexity index is 537. The zero-order chi connectivity index (χ0) is 17.0. The van der Waals surface area contributed by atoms with Crippen molar-refractivity contribution in [2.45, 2.75) is 50.9 Å². The fraction of sp³-hybridized carbons (Fsp3) is 0.562. The standard InChI is InChI=1S/C16H23NO6/c1-3-10-5-4-6-11(7-10)22-16-13(17-9(2)19)15(21)14(20)12(8-18)23-16/h4-7,12-16,18,20-21H,3,8H2,1-2H3,(H,17,19)/t12-,13-,14+,15-,16-/m0/s1.